The lowest BCUT2D eigenvalue weighted by Crippen LogP contribution is -2.37. The number of benzene rings is 1. The molecule has 0 fully saturated rings. The van der Waals surface area contributed by atoms with Gasteiger partial charge >= 0.3 is 0 Å². The van der Waals surface area contributed by atoms with Gasteiger partial charge in [0, 0.05) is 28.4 Å². The zero-order chi connectivity index (χ0) is 13.4. The number of nitrogens with two attached hydrogens (primary N) is 1. The van der Waals surface area contributed by atoms with E-state index in [1.54, 1.807) is 11.8 Å². The number of amides is 1. The van der Waals surface area contributed by atoms with Crippen LogP contribution in [0.4, 0.5) is 0 Å². The summed E-state index contributed by atoms with van der Waals surface area (Å²) in [4.78, 5) is 12.7. The Balaban J connectivity index is 2.15. The smallest absolute Gasteiger partial charge is 0.220 e. The van der Waals surface area contributed by atoms with Gasteiger partial charge in [0.15, 0.2) is 0 Å². The first-order valence-corrected chi connectivity index (χ1v) is 7.77. The Morgan fingerprint density at radius 3 is 2.72 bits per heavy atom. The lowest BCUT2D eigenvalue weighted by atomic mass is 10.3. The zero-order valence-electron chi connectivity index (χ0n) is 10.5. The van der Waals surface area contributed by atoms with Gasteiger partial charge in [0.1, 0.15) is 0 Å². The second-order valence-electron chi connectivity index (χ2n) is 4.11. The van der Waals surface area contributed by atoms with Crippen molar-refractivity contribution >= 4 is 33.6 Å². The lowest BCUT2D eigenvalue weighted by Gasteiger charge is -2.10. The van der Waals surface area contributed by atoms with Crippen molar-refractivity contribution in [3.8, 4) is 0 Å². The van der Waals surface area contributed by atoms with E-state index in [9.17, 15) is 4.79 Å². The molecule has 18 heavy (non-hydrogen) atoms. The van der Waals surface area contributed by atoms with E-state index in [1.165, 1.54) is 4.90 Å². The molecule has 3 nitrogen and oxygen atoms in total. The average Bonchev–Trinajstić information content (AvgIpc) is 2.36. The summed E-state index contributed by atoms with van der Waals surface area (Å²) in [5, 5.41) is 2.86. The van der Waals surface area contributed by atoms with E-state index in [0.717, 1.165) is 16.6 Å². The molecule has 0 aliphatic rings. The summed E-state index contributed by atoms with van der Waals surface area (Å²) in [6.07, 6.45) is 1.44. The Kier molecular flexibility index (Phi) is 7.39. The van der Waals surface area contributed by atoms with Crippen molar-refractivity contribution in [1.29, 1.82) is 0 Å². The molecule has 0 saturated carbocycles. The van der Waals surface area contributed by atoms with Crippen LogP contribution in [0, 0.1) is 0 Å². The molecule has 3 N–H and O–H groups in total. The number of carbonyl (C=O) groups is 1. The lowest BCUT2D eigenvalue weighted by molar-refractivity contribution is -0.121. The summed E-state index contributed by atoms with van der Waals surface area (Å²) in [6.45, 7) is 2.40. The molecule has 0 heterocycles. The van der Waals surface area contributed by atoms with Crippen LogP contribution >= 0.6 is 27.7 Å². The van der Waals surface area contributed by atoms with Crippen LogP contribution in [-0.2, 0) is 4.79 Å². The van der Waals surface area contributed by atoms with Crippen LogP contribution in [0.1, 0.15) is 19.8 Å². The summed E-state index contributed by atoms with van der Waals surface area (Å²) >= 11 is 5.17. The molecule has 1 amide bonds. The second kappa shape index (κ2) is 8.56. The van der Waals surface area contributed by atoms with Crippen LogP contribution in [0.25, 0.3) is 0 Å². The van der Waals surface area contributed by atoms with Gasteiger partial charge in [-0.2, -0.15) is 0 Å². The Morgan fingerprint density at radius 2 is 2.11 bits per heavy atom. The minimum atomic E-state index is 0.0663. The molecule has 0 unspecified atom stereocenters. The van der Waals surface area contributed by atoms with Crippen molar-refractivity contribution in [2.75, 3.05) is 12.3 Å². The first-order chi connectivity index (χ1) is 8.61. The van der Waals surface area contributed by atoms with E-state index in [4.69, 9.17) is 5.73 Å². The Labute approximate surface area is 121 Å². The van der Waals surface area contributed by atoms with Gasteiger partial charge in [-0.15, -0.1) is 11.8 Å². The third kappa shape index (κ3) is 6.42. The molecule has 5 heteroatoms. The van der Waals surface area contributed by atoms with Gasteiger partial charge in [0.05, 0.1) is 0 Å². The third-order valence-corrected chi connectivity index (χ3v) is 4.02. The van der Waals surface area contributed by atoms with Gasteiger partial charge in [-0.05, 0) is 43.4 Å². The number of hydrogen-bond donors (Lipinski definition) is 2. The van der Waals surface area contributed by atoms with Crippen molar-refractivity contribution < 1.29 is 4.79 Å². The molecular weight excluding hydrogens is 312 g/mol. The van der Waals surface area contributed by atoms with Crippen LogP contribution in [0.5, 0.6) is 0 Å². The van der Waals surface area contributed by atoms with Crippen molar-refractivity contribution in [1.82, 2.24) is 5.32 Å². The predicted molar refractivity (Wildman–Crippen MR) is 80.8 cm³/mol. The second-order valence-corrected chi connectivity index (χ2v) is 6.19. The third-order valence-electron chi connectivity index (χ3n) is 2.39. The maximum Gasteiger partial charge on any atom is 0.220 e. The molecule has 0 aromatic heterocycles. The highest BCUT2D eigenvalue weighted by Crippen LogP contribution is 2.21. The number of rotatable bonds is 7. The van der Waals surface area contributed by atoms with Crippen molar-refractivity contribution in [2.45, 2.75) is 30.7 Å². The van der Waals surface area contributed by atoms with Gasteiger partial charge < -0.3 is 11.1 Å². The highest BCUT2D eigenvalue weighted by molar-refractivity contribution is 9.10. The Bertz CT molecular complexity index is 370. The first kappa shape index (κ1) is 15.5. The number of halogens is 1. The van der Waals surface area contributed by atoms with Gasteiger partial charge in [-0.3, -0.25) is 4.79 Å². The maximum atomic E-state index is 11.5. The van der Waals surface area contributed by atoms with Crippen LogP contribution in [0.15, 0.2) is 33.6 Å². The fourth-order valence-electron chi connectivity index (χ4n) is 1.36. The van der Waals surface area contributed by atoms with Crippen molar-refractivity contribution in [3.63, 3.8) is 0 Å². The molecule has 1 rings (SSSR count). The minimum absolute atomic E-state index is 0.0663. The van der Waals surface area contributed by atoms with E-state index in [2.05, 4.69) is 33.4 Å². The molecule has 0 spiro atoms. The molecule has 0 aliphatic heterocycles. The Hall–Kier alpha value is -0.520. The van der Waals surface area contributed by atoms with E-state index in [1.807, 2.05) is 19.1 Å². The number of nitrogens with one attached hydrogen (secondary N) is 1. The van der Waals surface area contributed by atoms with E-state index >= 15 is 0 Å². The van der Waals surface area contributed by atoms with E-state index < -0.39 is 0 Å². The topological polar surface area (TPSA) is 55.1 Å². The standard InChI is InChI=1S/C13H19BrN2OS/c1-10(9-15)16-13(17)3-2-8-18-12-6-4-11(14)5-7-12/h4-7,10H,2-3,8-9,15H2,1H3,(H,16,17)/t10-/m0/s1. The normalized spacial score (nSPS) is 12.2. The SMILES string of the molecule is C[C@@H](CN)NC(=O)CCCSc1ccc(Br)cc1. The van der Waals surface area contributed by atoms with Crippen LogP contribution in [-0.4, -0.2) is 24.2 Å². The van der Waals surface area contributed by atoms with Crippen molar-refractivity contribution in [2.24, 2.45) is 5.73 Å². The van der Waals surface area contributed by atoms with Crippen molar-refractivity contribution in [3.05, 3.63) is 28.7 Å². The molecule has 1 aromatic carbocycles. The molecule has 0 aliphatic carbocycles. The Morgan fingerprint density at radius 1 is 1.44 bits per heavy atom. The van der Waals surface area contributed by atoms with E-state index in [0.29, 0.717) is 13.0 Å². The summed E-state index contributed by atoms with van der Waals surface area (Å²) in [6, 6.07) is 8.27. The molecule has 0 radical (unpaired) electrons. The van der Waals surface area contributed by atoms with Gasteiger partial charge in [-0.1, -0.05) is 15.9 Å². The number of carbonyl (C=O) groups excluding carboxylic acids is 1. The minimum Gasteiger partial charge on any atom is -0.352 e. The molecule has 0 bridgehead atoms. The molecule has 1 atom stereocenters. The average molecular weight is 331 g/mol. The zero-order valence-corrected chi connectivity index (χ0v) is 12.9. The summed E-state index contributed by atoms with van der Waals surface area (Å²) in [5.74, 6) is 1.04. The van der Waals surface area contributed by atoms with Gasteiger partial charge in [-0.25, -0.2) is 0 Å². The first-order valence-electron chi connectivity index (χ1n) is 5.99. The summed E-state index contributed by atoms with van der Waals surface area (Å²) in [5.41, 5.74) is 5.44. The molecule has 1 aromatic rings. The van der Waals surface area contributed by atoms with Gasteiger partial charge in [0.2, 0.25) is 5.91 Å². The van der Waals surface area contributed by atoms with Crippen LogP contribution in [0.2, 0.25) is 0 Å². The maximum absolute atomic E-state index is 11.5. The fourth-order valence-corrected chi connectivity index (χ4v) is 2.48. The summed E-state index contributed by atoms with van der Waals surface area (Å²) < 4.78 is 1.09. The van der Waals surface area contributed by atoms with Gasteiger partial charge in [0.25, 0.3) is 0 Å². The number of thioether (sulfide) groups is 1. The molecule has 100 valence electrons. The molecule has 0 saturated heterocycles. The molecular formula is C13H19BrN2OS. The van der Waals surface area contributed by atoms with E-state index in [-0.39, 0.29) is 11.9 Å². The summed E-state index contributed by atoms with van der Waals surface area (Å²) in [7, 11) is 0. The highest BCUT2D eigenvalue weighted by atomic mass is 79.9. The number of hydrogen-bond acceptors (Lipinski definition) is 3. The largest absolute Gasteiger partial charge is 0.352 e. The van der Waals surface area contributed by atoms with Crippen LogP contribution < -0.4 is 11.1 Å². The monoisotopic (exact) mass is 330 g/mol. The highest BCUT2D eigenvalue weighted by Gasteiger charge is 2.05. The fraction of sp³-hybridized carbons (Fsp3) is 0.462. The predicted octanol–water partition coefficient (Wildman–Crippen LogP) is 2.78. The van der Waals surface area contributed by atoms with Crippen LogP contribution in [0.3, 0.4) is 0 Å². The quantitative estimate of drug-likeness (QED) is 0.597.